The molecule has 0 saturated carbocycles. The second-order valence-corrected chi connectivity index (χ2v) is 12.6. The lowest BCUT2D eigenvalue weighted by atomic mass is 9.99. The van der Waals surface area contributed by atoms with Gasteiger partial charge in [0.2, 0.25) is 0 Å². The molecule has 2 heteroatoms. The molecule has 0 radical (unpaired) electrons. The highest BCUT2D eigenvalue weighted by Crippen LogP contribution is 2.39. The van der Waals surface area contributed by atoms with E-state index in [0.717, 1.165) is 50.3 Å². The lowest BCUT2D eigenvalue weighted by molar-refractivity contribution is 0.575. The fourth-order valence-electron chi connectivity index (χ4n) is 7.01. The Labute approximate surface area is 258 Å². The highest BCUT2D eigenvalue weighted by Gasteiger charge is 2.15. The van der Waals surface area contributed by atoms with E-state index in [4.69, 9.17) is 8.83 Å². The minimum absolute atomic E-state index is 0.898. The van der Waals surface area contributed by atoms with Crippen molar-refractivity contribution in [2.75, 3.05) is 0 Å². The Morgan fingerprint density at radius 2 is 0.955 bits per heavy atom. The summed E-state index contributed by atoms with van der Waals surface area (Å²) in [4.78, 5) is 0. The van der Waals surface area contributed by atoms with Gasteiger partial charge in [-0.15, -0.1) is 0 Å². The van der Waals surface area contributed by atoms with Gasteiger partial charge in [0.1, 0.15) is 22.3 Å². The second kappa shape index (κ2) is 11.5. The van der Waals surface area contributed by atoms with Gasteiger partial charge in [-0.2, -0.15) is 0 Å². The average molecular weight is 575 g/mol. The summed E-state index contributed by atoms with van der Waals surface area (Å²) in [5, 5.41) is 9.36. The van der Waals surface area contributed by atoms with Crippen LogP contribution in [0.15, 0.2) is 112 Å². The van der Waals surface area contributed by atoms with Crippen molar-refractivity contribution >= 4 is 65.4 Å². The van der Waals surface area contributed by atoms with Gasteiger partial charge >= 0.3 is 0 Å². The van der Waals surface area contributed by atoms with Crippen molar-refractivity contribution in [2.45, 2.75) is 64.7 Å². The van der Waals surface area contributed by atoms with Gasteiger partial charge in [-0.05, 0) is 93.5 Å². The van der Waals surface area contributed by atoms with Crippen molar-refractivity contribution in [3.63, 3.8) is 0 Å². The molecule has 8 aromatic rings. The summed E-state index contributed by atoms with van der Waals surface area (Å²) in [5.41, 5.74) is 7.50. The first-order chi connectivity index (χ1) is 21.7. The van der Waals surface area contributed by atoms with E-state index in [1.165, 1.54) is 89.6 Å². The van der Waals surface area contributed by atoms with Crippen molar-refractivity contribution in [3.8, 4) is 11.1 Å². The first-order valence-corrected chi connectivity index (χ1v) is 16.5. The molecule has 6 aromatic carbocycles. The maximum atomic E-state index is 6.49. The molecule has 0 aliphatic heterocycles. The molecule has 2 heterocycles. The van der Waals surface area contributed by atoms with Crippen LogP contribution in [-0.2, 0) is 6.42 Å². The Morgan fingerprint density at radius 3 is 1.61 bits per heavy atom. The van der Waals surface area contributed by atoms with Crippen molar-refractivity contribution in [2.24, 2.45) is 0 Å². The molecule has 0 atom stereocenters. The molecule has 0 unspecified atom stereocenters. The predicted octanol–water partition coefficient (Wildman–Crippen LogP) is 13.1. The Hall–Kier alpha value is -4.56. The molecule has 0 amide bonds. The van der Waals surface area contributed by atoms with E-state index in [9.17, 15) is 0 Å². The highest BCUT2D eigenvalue weighted by atomic mass is 16.3. The van der Waals surface area contributed by atoms with E-state index in [1.54, 1.807) is 0 Å². The van der Waals surface area contributed by atoms with Crippen LogP contribution in [0.2, 0.25) is 0 Å². The quantitative estimate of drug-likeness (QED) is 0.152. The molecule has 0 bridgehead atoms. The van der Waals surface area contributed by atoms with Gasteiger partial charge in [0, 0.05) is 21.5 Å². The number of hydrogen-bond acceptors (Lipinski definition) is 2. The van der Waals surface area contributed by atoms with Crippen LogP contribution in [0.1, 0.15) is 63.9 Å². The third kappa shape index (κ3) is 5.03. The molecule has 0 aliphatic carbocycles. The van der Waals surface area contributed by atoms with Crippen LogP contribution in [0.3, 0.4) is 0 Å². The summed E-state index contributed by atoms with van der Waals surface area (Å²) in [6.07, 6.45) is 12.0. The molecular formula is C42H38O2. The average Bonchev–Trinajstić information content (AvgIpc) is 3.58. The highest BCUT2D eigenvalue weighted by molar-refractivity contribution is 6.18. The van der Waals surface area contributed by atoms with E-state index in [1.807, 2.05) is 0 Å². The van der Waals surface area contributed by atoms with Gasteiger partial charge in [-0.3, -0.25) is 0 Å². The van der Waals surface area contributed by atoms with Gasteiger partial charge in [0.25, 0.3) is 0 Å². The third-order valence-corrected chi connectivity index (χ3v) is 9.47. The molecule has 44 heavy (non-hydrogen) atoms. The van der Waals surface area contributed by atoms with Crippen LogP contribution < -0.4 is 0 Å². The standard InChI is InChI=1S/C42H38O2/c1-2-3-4-5-6-7-8-10-13-28-16-17-31-22-35-37-26-42-38(27-41(37)43-39(35)24-33(31)20-28)36-23-32-19-18-30(29-14-11-9-12-15-29)21-34(32)25-40(36)44-42/h9,11-12,14-27H,2-8,10,13H2,1H3. The number of hydrogen-bond donors (Lipinski definition) is 0. The van der Waals surface area contributed by atoms with Gasteiger partial charge < -0.3 is 8.83 Å². The van der Waals surface area contributed by atoms with E-state index in [-0.39, 0.29) is 0 Å². The summed E-state index contributed by atoms with van der Waals surface area (Å²) >= 11 is 0. The third-order valence-electron chi connectivity index (χ3n) is 9.47. The van der Waals surface area contributed by atoms with E-state index in [2.05, 4.69) is 110 Å². The van der Waals surface area contributed by atoms with E-state index < -0.39 is 0 Å². The molecule has 2 aromatic heterocycles. The van der Waals surface area contributed by atoms with Gasteiger partial charge in [0.15, 0.2) is 0 Å². The zero-order valence-electron chi connectivity index (χ0n) is 25.5. The minimum atomic E-state index is 0.898. The second-order valence-electron chi connectivity index (χ2n) is 12.6. The first kappa shape index (κ1) is 27.0. The van der Waals surface area contributed by atoms with Gasteiger partial charge in [-0.1, -0.05) is 113 Å². The van der Waals surface area contributed by atoms with Gasteiger partial charge in [-0.25, -0.2) is 0 Å². The lowest BCUT2D eigenvalue weighted by Gasteiger charge is -2.05. The van der Waals surface area contributed by atoms with Crippen molar-refractivity contribution < 1.29 is 8.83 Å². The Bertz CT molecular complexity index is 2270. The number of rotatable bonds is 10. The maximum Gasteiger partial charge on any atom is 0.136 e. The Morgan fingerprint density at radius 1 is 0.409 bits per heavy atom. The molecule has 218 valence electrons. The summed E-state index contributed by atoms with van der Waals surface area (Å²) in [7, 11) is 0. The monoisotopic (exact) mass is 574 g/mol. The molecule has 8 rings (SSSR count). The fourth-order valence-corrected chi connectivity index (χ4v) is 7.01. The number of fused-ring (bicyclic) bond motifs is 8. The molecule has 0 saturated heterocycles. The lowest BCUT2D eigenvalue weighted by Crippen LogP contribution is -1.87. The number of furan rings is 2. The van der Waals surface area contributed by atoms with Crippen LogP contribution in [-0.4, -0.2) is 0 Å². The Kier molecular flexibility index (Phi) is 7.06. The van der Waals surface area contributed by atoms with Crippen LogP contribution in [0.5, 0.6) is 0 Å². The van der Waals surface area contributed by atoms with Crippen molar-refractivity contribution in [1.82, 2.24) is 0 Å². The largest absolute Gasteiger partial charge is 0.456 e. The normalized spacial score (nSPS) is 12.1. The predicted molar refractivity (Wildman–Crippen MR) is 188 cm³/mol. The zero-order valence-corrected chi connectivity index (χ0v) is 25.5. The fraction of sp³-hybridized carbons (Fsp3) is 0.238. The van der Waals surface area contributed by atoms with E-state index in [0.29, 0.717) is 0 Å². The van der Waals surface area contributed by atoms with Crippen LogP contribution in [0, 0.1) is 0 Å². The van der Waals surface area contributed by atoms with Crippen molar-refractivity contribution in [1.29, 1.82) is 0 Å². The molecule has 0 N–H and O–H groups in total. The number of aryl methyl sites for hydroxylation is 1. The molecule has 0 fully saturated rings. The van der Waals surface area contributed by atoms with E-state index >= 15 is 0 Å². The molecule has 2 nitrogen and oxygen atoms in total. The number of benzene rings is 6. The first-order valence-electron chi connectivity index (χ1n) is 16.5. The summed E-state index contributed by atoms with van der Waals surface area (Å²) < 4.78 is 13.0. The van der Waals surface area contributed by atoms with Crippen LogP contribution >= 0.6 is 0 Å². The van der Waals surface area contributed by atoms with Crippen LogP contribution in [0.25, 0.3) is 76.5 Å². The molecule has 0 spiro atoms. The SMILES string of the molecule is CCCCCCCCCCc1ccc2cc3c(cc2c1)oc1cc2c(cc13)oc1cc3cc(-c4ccccc4)ccc3cc12. The molecule has 0 aliphatic rings. The van der Waals surface area contributed by atoms with Gasteiger partial charge in [0.05, 0.1) is 0 Å². The Balaban J connectivity index is 1.09. The van der Waals surface area contributed by atoms with Crippen molar-refractivity contribution in [3.05, 3.63) is 109 Å². The molecular weight excluding hydrogens is 536 g/mol. The summed E-state index contributed by atoms with van der Waals surface area (Å²) in [6.45, 7) is 2.28. The topological polar surface area (TPSA) is 26.3 Å². The zero-order chi connectivity index (χ0) is 29.5. The maximum absolute atomic E-state index is 6.49. The van der Waals surface area contributed by atoms with Crippen LogP contribution in [0.4, 0.5) is 0 Å². The summed E-state index contributed by atoms with van der Waals surface area (Å²) in [6, 6.07) is 37.4. The minimum Gasteiger partial charge on any atom is -0.456 e. The number of unbranched alkanes of at least 4 members (excludes halogenated alkanes) is 7. The summed E-state index contributed by atoms with van der Waals surface area (Å²) in [5.74, 6) is 0. The smallest absolute Gasteiger partial charge is 0.136 e.